The minimum absolute atomic E-state index is 0.0994. The largest absolute Gasteiger partial charge is 0.380 e. The van der Waals surface area contributed by atoms with Crippen LogP contribution in [0.15, 0.2) is 12.2 Å². The molecule has 0 N–H and O–H groups in total. The molecule has 86 valence electrons. The fourth-order valence-corrected chi connectivity index (χ4v) is 1.44. The van der Waals surface area contributed by atoms with Gasteiger partial charge in [0.25, 0.3) is 0 Å². The van der Waals surface area contributed by atoms with Gasteiger partial charge in [-0.3, -0.25) is 4.79 Å². The molecule has 4 nitrogen and oxygen atoms in total. The van der Waals surface area contributed by atoms with Crippen LogP contribution in [0, 0.1) is 0 Å². The molecule has 15 heavy (non-hydrogen) atoms. The molecule has 1 saturated heterocycles. The predicted octanol–water partition coefficient (Wildman–Crippen LogP) is 0.353. The van der Waals surface area contributed by atoms with Crippen molar-refractivity contribution in [2.75, 3.05) is 46.9 Å². The summed E-state index contributed by atoms with van der Waals surface area (Å²) in [6.45, 7) is 3.75. The Balaban J connectivity index is 2.34. The van der Waals surface area contributed by atoms with Gasteiger partial charge < -0.3 is 14.5 Å². The van der Waals surface area contributed by atoms with Crippen molar-refractivity contribution in [3.8, 4) is 0 Å². The first-order valence-electron chi connectivity index (χ1n) is 5.38. The van der Waals surface area contributed by atoms with E-state index in [0.29, 0.717) is 13.2 Å². The first kappa shape index (κ1) is 12.2. The van der Waals surface area contributed by atoms with Crippen LogP contribution in [0.3, 0.4) is 0 Å². The zero-order valence-corrected chi connectivity index (χ0v) is 9.61. The lowest BCUT2D eigenvalue weighted by atomic mass is 10.3. The molecule has 0 saturated carbocycles. The third-order valence-corrected chi connectivity index (χ3v) is 2.26. The number of carbonyl (C=O) groups is 1. The summed E-state index contributed by atoms with van der Waals surface area (Å²) in [5.41, 5.74) is 0. The average Bonchev–Trinajstić information content (AvgIpc) is 2.44. The highest BCUT2D eigenvalue weighted by molar-refractivity contribution is 5.87. The first-order valence-corrected chi connectivity index (χ1v) is 5.38. The van der Waals surface area contributed by atoms with Gasteiger partial charge in [0.05, 0.1) is 6.61 Å². The average molecular weight is 212 g/mol. The van der Waals surface area contributed by atoms with Gasteiger partial charge in [-0.25, -0.2) is 0 Å². The lowest BCUT2D eigenvalue weighted by Crippen LogP contribution is -2.31. The van der Waals surface area contributed by atoms with E-state index in [1.165, 1.54) is 0 Å². The third kappa shape index (κ3) is 4.95. The summed E-state index contributed by atoms with van der Waals surface area (Å²) < 4.78 is 5.29. The molecule has 0 aromatic rings. The Morgan fingerprint density at radius 2 is 2.20 bits per heavy atom. The fourth-order valence-electron chi connectivity index (χ4n) is 1.44. The van der Waals surface area contributed by atoms with Crippen LogP contribution in [-0.2, 0) is 9.53 Å². The zero-order chi connectivity index (χ0) is 11.1. The highest BCUT2D eigenvalue weighted by Gasteiger charge is 2.12. The Hall–Kier alpha value is -0.870. The molecule has 0 bridgehead atoms. The molecule has 0 radical (unpaired) electrons. The number of hydrogen-bond acceptors (Lipinski definition) is 3. The van der Waals surface area contributed by atoms with Crippen LogP contribution in [0.25, 0.3) is 0 Å². The Morgan fingerprint density at radius 1 is 1.40 bits per heavy atom. The van der Waals surface area contributed by atoms with Crippen molar-refractivity contribution in [3.63, 3.8) is 0 Å². The molecular formula is C11H20N2O2. The molecule has 1 heterocycles. The van der Waals surface area contributed by atoms with E-state index in [-0.39, 0.29) is 5.91 Å². The van der Waals surface area contributed by atoms with Gasteiger partial charge in [0.2, 0.25) is 5.91 Å². The maximum atomic E-state index is 11.7. The van der Waals surface area contributed by atoms with E-state index in [9.17, 15) is 4.79 Å². The highest BCUT2D eigenvalue weighted by Crippen LogP contribution is 2.00. The van der Waals surface area contributed by atoms with Gasteiger partial charge in [-0.15, -0.1) is 0 Å². The van der Waals surface area contributed by atoms with Gasteiger partial charge in [-0.2, -0.15) is 0 Å². The Labute approximate surface area is 91.5 Å². The number of ether oxygens (including phenoxy) is 1. The summed E-state index contributed by atoms with van der Waals surface area (Å²) in [7, 11) is 3.96. The van der Waals surface area contributed by atoms with Crippen molar-refractivity contribution in [2.24, 2.45) is 0 Å². The van der Waals surface area contributed by atoms with Gasteiger partial charge in [0.1, 0.15) is 0 Å². The van der Waals surface area contributed by atoms with Crippen LogP contribution >= 0.6 is 0 Å². The molecule has 0 atom stereocenters. The van der Waals surface area contributed by atoms with E-state index in [0.717, 1.165) is 26.1 Å². The summed E-state index contributed by atoms with van der Waals surface area (Å²) in [5, 5.41) is 0. The summed E-state index contributed by atoms with van der Waals surface area (Å²) in [6, 6.07) is 0. The van der Waals surface area contributed by atoms with Crippen LogP contribution in [-0.4, -0.2) is 62.7 Å². The monoisotopic (exact) mass is 212 g/mol. The normalized spacial score (nSPS) is 18.5. The molecule has 0 unspecified atom stereocenters. The lowest BCUT2D eigenvalue weighted by molar-refractivity contribution is -0.126. The Kier molecular flexibility index (Phi) is 5.36. The van der Waals surface area contributed by atoms with Crippen LogP contribution in [0.4, 0.5) is 0 Å². The second-order valence-corrected chi connectivity index (χ2v) is 3.96. The van der Waals surface area contributed by atoms with E-state index in [1.54, 1.807) is 6.08 Å². The lowest BCUT2D eigenvalue weighted by Gasteiger charge is -2.17. The Morgan fingerprint density at radius 3 is 2.93 bits per heavy atom. The number of nitrogens with zero attached hydrogens (tertiary/aromatic N) is 2. The second-order valence-electron chi connectivity index (χ2n) is 3.96. The van der Waals surface area contributed by atoms with Crippen molar-refractivity contribution in [2.45, 2.75) is 6.42 Å². The standard InChI is InChI=1S/C11H20N2O2/c1-12(2)6-3-5-11(14)13-7-4-9-15-10-8-13/h3,5H,4,6-10H2,1-2H3/b5-3+. The van der Waals surface area contributed by atoms with Crippen LogP contribution in [0.5, 0.6) is 0 Å². The molecule has 4 heteroatoms. The maximum Gasteiger partial charge on any atom is 0.246 e. The maximum absolute atomic E-state index is 11.7. The van der Waals surface area contributed by atoms with Gasteiger partial charge in [0.15, 0.2) is 0 Å². The quantitative estimate of drug-likeness (QED) is 0.633. The molecule has 0 aromatic heterocycles. The van der Waals surface area contributed by atoms with Crippen molar-refractivity contribution in [1.82, 2.24) is 9.80 Å². The van der Waals surface area contributed by atoms with E-state index >= 15 is 0 Å². The fraction of sp³-hybridized carbons (Fsp3) is 0.727. The van der Waals surface area contributed by atoms with Gasteiger partial charge in [0, 0.05) is 32.3 Å². The highest BCUT2D eigenvalue weighted by atomic mass is 16.5. The summed E-state index contributed by atoms with van der Waals surface area (Å²) in [5.74, 6) is 0.0994. The molecule has 0 spiro atoms. The summed E-state index contributed by atoms with van der Waals surface area (Å²) >= 11 is 0. The number of rotatable bonds is 3. The number of likely N-dealkylation sites (N-methyl/N-ethyl adjacent to an activating group) is 1. The van der Waals surface area contributed by atoms with Crippen LogP contribution < -0.4 is 0 Å². The smallest absolute Gasteiger partial charge is 0.246 e. The topological polar surface area (TPSA) is 32.8 Å². The van der Waals surface area contributed by atoms with Crippen LogP contribution in [0.1, 0.15) is 6.42 Å². The zero-order valence-electron chi connectivity index (χ0n) is 9.61. The minimum Gasteiger partial charge on any atom is -0.380 e. The third-order valence-electron chi connectivity index (χ3n) is 2.26. The minimum atomic E-state index is 0.0994. The van der Waals surface area contributed by atoms with Crippen LogP contribution in [0.2, 0.25) is 0 Å². The number of hydrogen-bond donors (Lipinski definition) is 0. The number of carbonyl (C=O) groups excluding carboxylic acids is 1. The SMILES string of the molecule is CN(C)C/C=C/C(=O)N1CCCOCC1. The van der Waals surface area contributed by atoms with Crippen molar-refractivity contribution in [1.29, 1.82) is 0 Å². The molecule has 1 aliphatic heterocycles. The van der Waals surface area contributed by atoms with E-state index in [1.807, 2.05) is 30.0 Å². The van der Waals surface area contributed by atoms with Gasteiger partial charge in [-0.1, -0.05) is 6.08 Å². The molecule has 0 aliphatic carbocycles. The molecule has 1 rings (SSSR count). The number of amides is 1. The molecule has 0 aromatic carbocycles. The van der Waals surface area contributed by atoms with E-state index in [2.05, 4.69) is 0 Å². The molecule has 1 fully saturated rings. The molecule has 1 amide bonds. The van der Waals surface area contributed by atoms with Gasteiger partial charge in [-0.05, 0) is 20.5 Å². The van der Waals surface area contributed by atoms with Crippen molar-refractivity contribution >= 4 is 5.91 Å². The summed E-state index contributed by atoms with van der Waals surface area (Å²) in [4.78, 5) is 15.6. The molecular weight excluding hydrogens is 192 g/mol. The predicted molar refractivity (Wildman–Crippen MR) is 59.7 cm³/mol. The van der Waals surface area contributed by atoms with E-state index in [4.69, 9.17) is 4.74 Å². The van der Waals surface area contributed by atoms with Crippen molar-refractivity contribution in [3.05, 3.63) is 12.2 Å². The second kappa shape index (κ2) is 6.58. The Bertz CT molecular complexity index is 219. The summed E-state index contributed by atoms with van der Waals surface area (Å²) in [6.07, 6.45) is 4.49. The van der Waals surface area contributed by atoms with Gasteiger partial charge >= 0.3 is 0 Å². The van der Waals surface area contributed by atoms with Crippen molar-refractivity contribution < 1.29 is 9.53 Å². The van der Waals surface area contributed by atoms with E-state index < -0.39 is 0 Å². The first-order chi connectivity index (χ1) is 7.20. The molecule has 1 aliphatic rings.